The standard InChI is InChI=1S/C14H26N2O2S/c15-10-14(7-3-9-19(17,18)11-14)16-8-2-5-12-4-1-6-13(12)16/h12-13H,1-11,15H2. The van der Waals surface area contributed by atoms with Crippen molar-refractivity contribution in [2.24, 2.45) is 11.7 Å². The SMILES string of the molecule is NCC1(N2CCCC3CCCC32)CCCS(=O)(=O)C1. The van der Waals surface area contributed by atoms with Gasteiger partial charge in [-0.3, -0.25) is 4.90 Å². The lowest BCUT2D eigenvalue weighted by Gasteiger charge is -2.52. The fourth-order valence-corrected chi connectivity index (χ4v) is 6.70. The molecule has 0 aromatic rings. The van der Waals surface area contributed by atoms with E-state index in [1.165, 1.54) is 32.1 Å². The molecule has 4 nitrogen and oxygen atoms in total. The summed E-state index contributed by atoms with van der Waals surface area (Å²) < 4.78 is 24.2. The van der Waals surface area contributed by atoms with E-state index in [-0.39, 0.29) is 5.54 Å². The minimum atomic E-state index is -2.90. The maximum atomic E-state index is 12.1. The summed E-state index contributed by atoms with van der Waals surface area (Å²) >= 11 is 0. The molecule has 2 heterocycles. The highest BCUT2D eigenvalue weighted by molar-refractivity contribution is 7.91. The van der Waals surface area contributed by atoms with Crippen molar-refractivity contribution >= 4 is 9.84 Å². The number of sulfone groups is 1. The van der Waals surface area contributed by atoms with Crippen LogP contribution in [-0.2, 0) is 9.84 Å². The summed E-state index contributed by atoms with van der Waals surface area (Å²) in [5, 5.41) is 0. The lowest BCUT2D eigenvalue weighted by Crippen LogP contribution is -2.64. The smallest absolute Gasteiger partial charge is 0.152 e. The highest BCUT2D eigenvalue weighted by Crippen LogP contribution is 2.42. The van der Waals surface area contributed by atoms with Crippen LogP contribution >= 0.6 is 0 Å². The Morgan fingerprint density at radius 3 is 2.68 bits per heavy atom. The highest BCUT2D eigenvalue weighted by Gasteiger charge is 2.48. The molecule has 3 fully saturated rings. The molecule has 0 spiro atoms. The maximum Gasteiger partial charge on any atom is 0.152 e. The zero-order valence-electron chi connectivity index (χ0n) is 11.7. The fraction of sp³-hybridized carbons (Fsp3) is 1.00. The first kappa shape index (κ1) is 13.8. The normalized spacial score (nSPS) is 43.0. The molecule has 3 unspecified atom stereocenters. The quantitative estimate of drug-likeness (QED) is 0.827. The number of hydrogen-bond donors (Lipinski definition) is 1. The van der Waals surface area contributed by atoms with E-state index in [0.29, 0.717) is 24.1 Å². The average molecular weight is 286 g/mol. The van der Waals surface area contributed by atoms with E-state index in [0.717, 1.165) is 25.3 Å². The minimum Gasteiger partial charge on any atom is -0.329 e. The second kappa shape index (κ2) is 5.01. The Kier molecular flexibility index (Phi) is 3.65. The van der Waals surface area contributed by atoms with Gasteiger partial charge in [0, 0.05) is 18.1 Å². The number of nitrogens with two attached hydrogens (primary N) is 1. The Morgan fingerprint density at radius 1 is 1.16 bits per heavy atom. The van der Waals surface area contributed by atoms with Gasteiger partial charge in [0.15, 0.2) is 9.84 Å². The van der Waals surface area contributed by atoms with Gasteiger partial charge in [-0.05, 0) is 51.0 Å². The van der Waals surface area contributed by atoms with Crippen LogP contribution in [0.4, 0.5) is 0 Å². The van der Waals surface area contributed by atoms with Crippen molar-refractivity contribution in [3.8, 4) is 0 Å². The first-order valence-electron chi connectivity index (χ1n) is 7.74. The third-order valence-corrected chi connectivity index (χ3v) is 7.46. The van der Waals surface area contributed by atoms with Gasteiger partial charge < -0.3 is 5.73 Å². The van der Waals surface area contributed by atoms with Gasteiger partial charge in [-0.25, -0.2) is 8.42 Å². The Bertz CT molecular complexity index is 437. The van der Waals surface area contributed by atoms with Crippen LogP contribution in [0.2, 0.25) is 0 Å². The van der Waals surface area contributed by atoms with Gasteiger partial charge in [-0.1, -0.05) is 6.42 Å². The molecular formula is C14H26N2O2S. The topological polar surface area (TPSA) is 63.4 Å². The van der Waals surface area contributed by atoms with Crippen molar-refractivity contribution in [1.82, 2.24) is 4.90 Å². The molecule has 1 aliphatic carbocycles. The maximum absolute atomic E-state index is 12.1. The summed E-state index contributed by atoms with van der Waals surface area (Å²) in [4.78, 5) is 2.52. The van der Waals surface area contributed by atoms with Gasteiger partial charge >= 0.3 is 0 Å². The fourth-order valence-electron chi connectivity index (χ4n) is 4.72. The van der Waals surface area contributed by atoms with E-state index in [9.17, 15) is 8.42 Å². The zero-order chi connectivity index (χ0) is 13.5. The van der Waals surface area contributed by atoms with Crippen molar-refractivity contribution in [2.75, 3.05) is 24.6 Å². The van der Waals surface area contributed by atoms with Crippen LogP contribution in [0.15, 0.2) is 0 Å². The van der Waals surface area contributed by atoms with Crippen molar-refractivity contribution in [2.45, 2.75) is 56.5 Å². The van der Waals surface area contributed by atoms with Crippen molar-refractivity contribution in [3.63, 3.8) is 0 Å². The van der Waals surface area contributed by atoms with E-state index in [1.807, 2.05) is 0 Å². The molecular weight excluding hydrogens is 260 g/mol. The zero-order valence-corrected chi connectivity index (χ0v) is 12.5. The first-order valence-corrected chi connectivity index (χ1v) is 9.56. The third kappa shape index (κ3) is 2.45. The Hall–Kier alpha value is -0.130. The molecule has 2 aliphatic heterocycles. The van der Waals surface area contributed by atoms with Crippen molar-refractivity contribution in [1.29, 1.82) is 0 Å². The number of rotatable bonds is 2. The number of nitrogens with zero attached hydrogens (tertiary/aromatic N) is 1. The Labute approximate surface area is 116 Å². The van der Waals surface area contributed by atoms with Crippen LogP contribution in [0.5, 0.6) is 0 Å². The first-order chi connectivity index (χ1) is 9.06. The lowest BCUT2D eigenvalue weighted by atomic mass is 9.84. The predicted molar refractivity (Wildman–Crippen MR) is 76.7 cm³/mol. The van der Waals surface area contributed by atoms with Gasteiger partial charge in [0.1, 0.15) is 0 Å². The van der Waals surface area contributed by atoms with Gasteiger partial charge in [0.05, 0.1) is 11.5 Å². The van der Waals surface area contributed by atoms with Crippen molar-refractivity contribution in [3.05, 3.63) is 0 Å². The summed E-state index contributed by atoms with van der Waals surface area (Å²) in [6, 6.07) is 0.602. The van der Waals surface area contributed by atoms with Gasteiger partial charge in [0.25, 0.3) is 0 Å². The molecule has 5 heteroatoms. The van der Waals surface area contributed by atoms with E-state index in [1.54, 1.807) is 0 Å². The van der Waals surface area contributed by atoms with Crippen LogP contribution in [0.25, 0.3) is 0 Å². The molecule has 0 amide bonds. The Morgan fingerprint density at radius 2 is 1.95 bits per heavy atom. The largest absolute Gasteiger partial charge is 0.329 e. The molecule has 1 saturated carbocycles. The number of likely N-dealkylation sites (tertiary alicyclic amines) is 1. The van der Waals surface area contributed by atoms with Gasteiger partial charge in [0.2, 0.25) is 0 Å². The van der Waals surface area contributed by atoms with Gasteiger partial charge in [-0.2, -0.15) is 0 Å². The molecule has 0 aromatic heterocycles. The predicted octanol–water partition coefficient (Wildman–Crippen LogP) is 1.16. The number of piperidine rings is 1. The summed E-state index contributed by atoms with van der Waals surface area (Å²) in [7, 11) is -2.90. The van der Waals surface area contributed by atoms with Crippen LogP contribution in [0.1, 0.15) is 44.9 Å². The molecule has 19 heavy (non-hydrogen) atoms. The molecule has 3 atom stereocenters. The molecule has 0 radical (unpaired) electrons. The Balaban J connectivity index is 1.88. The lowest BCUT2D eigenvalue weighted by molar-refractivity contribution is 0.00851. The van der Waals surface area contributed by atoms with Crippen LogP contribution < -0.4 is 5.73 Å². The van der Waals surface area contributed by atoms with Crippen LogP contribution in [0, 0.1) is 5.92 Å². The molecule has 0 bridgehead atoms. The molecule has 110 valence electrons. The average Bonchev–Trinajstić information content (AvgIpc) is 2.85. The number of hydrogen-bond acceptors (Lipinski definition) is 4. The summed E-state index contributed by atoms with van der Waals surface area (Å²) in [5.41, 5.74) is 5.81. The van der Waals surface area contributed by atoms with E-state index < -0.39 is 9.84 Å². The van der Waals surface area contributed by atoms with Gasteiger partial charge in [-0.15, -0.1) is 0 Å². The summed E-state index contributed by atoms with van der Waals surface area (Å²) in [5.74, 6) is 1.44. The summed E-state index contributed by atoms with van der Waals surface area (Å²) in [6.07, 6.45) is 8.16. The van der Waals surface area contributed by atoms with Crippen molar-refractivity contribution < 1.29 is 8.42 Å². The molecule has 3 rings (SSSR count). The third-order valence-electron chi connectivity index (χ3n) is 5.57. The minimum absolute atomic E-state index is 0.259. The molecule has 3 aliphatic rings. The number of fused-ring (bicyclic) bond motifs is 1. The van der Waals surface area contributed by atoms with E-state index in [2.05, 4.69) is 4.90 Å². The molecule has 2 N–H and O–H groups in total. The second-order valence-corrected chi connectivity index (χ2v) is 8.90. The summed E-state index contributed by atoms with van der Waals surface area (Å²) in [6.45, 7) is 1.54. The monoisotopic (exact) mass is 286 g/mol. The van der Waals surface area contributed by atoms with E-state index in [4.69, 9.17) is 5.73 Å². The van der Waals surface area contributed by atoms with Crippen LogP contribution in [0.3, 0.4) is 0 Å². The highest BCUT2D eigenvalue weighted by atomic mass is 32.2. The molecule has 0 aromatic carbocycles. The van der Waals surface area contributed by atoms with E-state index >= 15 is 0 Å². The molecule has 2 saturated heterocycles. The van der Waals surface area contributed by atoms with Crippen LogP contribution in [-0.4, -0.2) is 49.5 Å². The second-order valence-electron chi connectivity index (χ2n) is 6.72.